The SMILES string of the molecule is C[C@@]1(C#N)COC(C(=O)NCc2cc(/C(F)=C(\F)c3ccccc3)ccn2)c2ccccc21. The number of rotatable bonds is 5. The van der Waals surface area contributed by atoms with Crippen molar-refractivity contribution in [3.63, 3.8) is 0 Å². The van der Waals surface area contributed by atoms with Gasteiger partial charge in [-0.3, -0.25) is 9.78 Å². The van der Waals surface area contributed by atoms with Gasteiger partial charge in [0.15, 0.2) is 17.8 Å². The molecule has 7 heteroatoms. The van der Waals surface area contributed by atoms with Gasteiger partial charge in [-0.25, -0.2) is 8.78 Å². The number of hydrogen-bond acceptors (Lipinski definition) is 4. The molecule has 4 rings (SSSR count). The van der Waals surface area contributed by atoms with Gasteiger partial charge < -0.3 is 10.1 Å². The number of carbonyl (C=O) groups excluding carboxylic acids is 1. The Balaban J connectivity index is 1.50. The summed E-state index contributed by atoms with van der Waals surface area (Å²) in [6.45, 7) is 1.86. The van der Waals surface area contributed by atoms with E-state index in [1.54, 1.807) is 37.3 Å². The van der Waals surface area contributed by atoms with E-state index in [2.05, 4.69) is 16.4 Å². The molecule has 2 aromatic carbocycles. The molecule has 1 amide bonds. The lowest BCUT2D eigenvalue weighted by Crippen LogP contribution is -2.40. The van der Waals surface area contributed by atoms with Crippen molar-refractivity contribution in [2.24, 2.45) is 0 Å². The third-order valence-electron chi connectivity index (χ3n) is 5.59. The van der Waals surface area contributed by atoms with Gasteiger partial charge in [-0.1, -0.05) is 54.6 Å². The molecule has 0 saturated heterocycles. The third-order valence-corrected chi connectivity index (χ3v) is 5.59. The Morgan fingerprint density at radius 1 is 1.12 bits per heavy atom. The number of amides is 1. The molecule has 1 N–H and O–H groups in total. The van der Waals surface area contributed by atoms with Gasteiger partial charge in [0.25, 0.3) is 5.91 Å². The second-order valence-corrected chi connectivity index (χ2v) is 7.97. The van der Waals surface area contributed by atoms with Crippen LogP contribution in [0.1, 0.15) is 41.0 Å². The molecule has 0 bridgehead atoms. The third kappa shape index (κ3) is 4.52. The first kappa shape index (κ1) is 22.3. The molecular weight excluding hydrogens is 424 g/mol. The number of nitriles is 1. The lowest BCUT2D eigenvalue weighted by Gasteiger charge is -2.34. The summed E-state index contributed by atoms with van der Waals surface area (Å²) in [5, 5.41) is 12.3. The van der Waals surface area contributed by atoms with E-state index >= 15 is 0 Å². The molecule has 1 unspecified atom stereocenters. The molecule has 1 aliphatic rings. The zero-order valence-electron chi connectivity index (χ0n) is 17.9. The highest BCUT2D eigenvalue weighted by Gasteiger charge is 2.39. The van der Waals surface area contributed by atoms with E-state index in [1.165, 1.54) is 30.5 Å². The number of hydrogen-bond donors (Lipinski definition) is 1. The minimum absolute atomic E-state index is 0.00442. The van der Waals surface area contributed by atoms with Crippen LogP contribution in [0.5, 0.6) is 0 Å². The Kier molecular flexibility index (Phi) is 6.29. The Hall–Kier alpha value is -3.89. The van der Waals surface area contributed by atoms with Crippen LogP contribution in [0, 0.1) is 11.3 Å². The number of fused-ring (bicyclic) bond motifs is 1. The van der Waals surface area contributed by atoms with Crippen LogP contribution < -0.4 is 5.32 Å². The maximum Gasteiger partial charge on any atom is 0.254 e. The summed E-state index contributed by atoms with van der Waals surface area (Å²) in [5.41, 5.74) is 1.07. The predicted molar refractivity (Wildman–Crippen MR) is 120 cm³/mol. The molecule has 0 saturated carbocycles. The summed E-state index contributed by atoms with van der Waals surface area (Å²) in [5.74, 6) is -2.37. The number of ether oxygens (including phenoxy) is 1. The van der Waals surface area contributed by atoms with Crippen molar-refractivity contribution in [1.29, 1.82) is 5.26 Å². The normalized spacial score (nSPS) is 20.2. The van der Waals surface area contributed by atoms with Crippen LogP contribution in [0.25, 0.3) is 11.7 Å². The van der Waals surface area contributed by atoms with Gasteiger partial charge in [-0.05, 0) is 30.2 Å². The number of benzene rings is 2. The smallest absolute Gasteiger partial charge is 0.254 e. The lowest BCUT2D eigenvalue weighted by molar-refractivity contribution is -0.135. The molecule has 2 heterocycles. The Morgan fingerprint density at radius 2 is 1.82 bits per heavy atom. The molecular formula is C26H21F2N3O2. The molecule has 166 valence electrons. The zero-order chi connectivity index (χ0) is 23.4. The molecule has 0 fully saturated rings. The second kappa shape index (κ2) is 9.31. The number of aromatic nitrogens is 1. The number of nitrogens with one attached hydrogen (secondary N) is 1. The van der Waals surface area contributed by atoms with E-state index in [9.17, 15) is 18.8 Å². The highest BCUT2D eigenvalue weighted by molar-refractivity contribution is 5.84. The number of nitrogens with zero attached hydrogens (tertiary/aromatic N) is 2. The fourth-order valence-corrected chi connectivity index (χ4v) is 3.77. The zero-order valence-corrected chi connectivity index (χ0v) is 17.9. The average molecular weight is 445 g/mol. The van der Waals surface area contributed by atoms with Crippen molar-refractivity contribution in [3.05, 3.63) is 101 Å². The molecule has 1 aromatic heterocycles. The monoisotopic (exact) mass is 445 g/mol. The number of halogens is 2. The number of pyridine rings is 1. The maximum absolute atomic E-state index is 14.7. The topological polar surface area (TPSA) is 75.0 Å². The summed E-state index contributed by atoms with van der Waals surface area (Å²) >= 11 is 0. The predicted octanol–water partition coefficient (Wildman–Crippen LogP) is 5.02. The fourth-order valence-electron chi connectivity index (χ4n) is 3.77. The van der Waals surface area contributed by atoms with Crippen LogP contribution in [0.15, 0.2) is 72.9 Å². The van der Waals surface area contributed by atoms with E-state index in [-0.39, 0.29) is 24.3 Å². The fraction of sp³-hybridized carbons (Fsp3) is 0.192. The first-order valence-electron chi connectivity index (χ1n) is 10.4. The van der Waals surface area contributed by atoms with Crippen molar-refractivity contribution in [2.45, 2.75) is 25.0 Å². The maximum atomic E-state index is 14.7. The Bertz CT molecular complexity index is 1250. The van der Waals surface area contributed by atoms with E-state index in [0.29, 0.717) is 11.3 Å². The molecule has 33 heavy (non-hydrogen) atoms. The van der Waals surface area contributed by atoms with E-state index in [1.807, 2.05) is 12.1 Å². The average Bonchev–Trinajstić information content (AvgIpc) is 2.87. The lowest BCUT2D eigenvalue weighted by atomic mass is 9.78. The quantitative estimate of drug-likeness (QED) is 0.599. The molecule has 5 nitrogen and oxygen atoms in total. The molecule has 3 aromatic rings. The summed E-state index contributed by atoms with van der Waals surface area (Å²) in [6, 6.07) is 20.1. The molecule has 0 spiro atoms. The van der Waals surface area contributed by atoms with Crippen LogP contribution in [-0.2, 0) is 21.5 Å². The van der Waals surface area contributed by atoms with Gasteiger partial charge >= 0.3 is 0 Å². The van der Waals surface area contributed by atoms with Crippen LogP contribution in [0.3, 0.4) is 0 Å². The Morgan fingerprint density at radius 3 is 2.58 bits per heavy atom. The van der Waals surface area contributed by atoms with Crippen molar-refractivity contribution in [1.82, 2.24) is 10.3 Å². The van der Waals surface area contributed by atoms with E-state index in [0.717, 1.165) is 5.56 Å². The highest BCUT2D eigenvalue weighted by atomic mass is 19.2. The highest BCUT2D eigenvalue weighted by Crippen LogP contribution is 2.37. The first-order chi connectivity index (χ1) is 15.9. The Labute approximate surface area is 190 Å². The summed E-state index contributed by atoms with van der Waals surface area (Å²) in [4.78, 5) is 17.0. The van der Waals surface area contributed by atoms with Crippen molar-refractivity contribution >= 4 is 17.6 Å². The van der Waals surface area contributed by atoms with Gasteiger partial charge in [0.2, 0.25) is 0 Å². The molecule has 2 atom stereocenters. The molecule has 0 radical (unpaired) electrons. The van der Waals surface area contributed by atoms with Crippen LogP contribution in [-0.4, -0.2) is 17.5 Å². The van der Waals surface area contributed by atoms with Crippen molar-refractivity contribution in [3.8, 4) is 6.07 Å². The summed E-state index contributed by atoms with van der Waals surface area (Å²) in [7, 11) is 0. The molecule has 1 aliphatic heterocycles. The summed E-state index contributed by atoms with van der Waals surface area (Å²) in [6.07, 6.45) is 0.484. The van der Waals surface area contributed by atoms with Gasteiger partial charge in [-0.2, -0.15) is 5.26 Å². The van der Waals surface area contributed by atoms with Crippen molar-refractivity contribution < 1.29 is 18.3 Å². The second-order valence-electron chi connectivity index (χ2n) is 7.97. The molecule has 0 aliphatic carbocycles. The minimum Gasteiger partial charge on any atom is -0.362 e. The van der Waals surface area contributed by atoms with Gasteiger partial charge in [-0.15, -0.1) is 0 Å². The van der Waals surface area contributed by atoms with Gasteiger partial charge in [0.1, 0.15) is 5.41 Å². The first-order valence-corrected chi connectivity index (χ1v) is 10.4. The summed E-state index contributed by atoms with van der Waals surface area (Å²) < 4.78 is 34.9. The van der Waals surface area contributed by atoms with Crippen LogP contribution >= 0.6 is 0 Å². The van der Waals surface area contributed by atoms with Crippen molar-refractivity contribution in [2.75, 3.05) is 6.61 Å². The van der Waals surface area contributed by atoms with E-state index < -0.39 is 29.1 Å². The largest absolute Gasteiger partial charge is 0.362 e. The van der Waals surface area contributed by atoms with Crippen LogP contribution in [0.4, 0.5) is 8.78 Å². The van der Waals surface area contributed by atoms with Gasteiger partial charge in [0.05, 0.1) is 24.9 Å². The van der Waals surface area contributed by atoms with E-state index in [4.69, 9.17) is 4.74 Å². The minimum atomic E-state index is -1.00. The number of carbonyl (C=O) groups is 1. The van der Waals surface area contributed by atoms with Crippen LogP contribution in [0.2, 0.25) is 0 Å². The standard InChI is InChI=1S/C26H21F2N3O2/c1-26(15-29)16-33-24(20-9-5-6-10-21(20)26)25(32)31-14-19-13-18(11-12-30-19)23(28)22(27)17-7-3-2-4-8-17/h2-13,24H,14,16H2,1H3,(H,31,32)/b23-22+/t24?,26-/m1/s1. The van der Waals surface area contributed by atoms with Gasteiger partial charge in [0, 0.05) is 17.3 Å².